The van der Waals surface area contributed by atoms with Gasteiger partial charge in [-0.1, -0.05) is 32.0 Å². The van der Waals surface area contributed by atoms with E-state index in [0.717, 1.165) is 17.9 Å². The lowest BCUT2D eigenvalue weighted by molar-refractivity contribution is 0.0224. The lowest BCUT2D eigenvalue weighted by Crippen LogP contribution is -2.15. The first-order valence-corrected chi connectivity index (χ1v) is 8.77. The number of fused-ring (bicyclic) bond motifs is 2. The van der Waals surface area contributed by atoms with Crippen molar-refractivity contribution in [3.8, 4) is 11.5 Å². The average Bonchev–Trinajstić information content (AvgIpc) is 2.60. The third kappa shape index (κ3) is 4.00. The van der Waals surface area contributed by atoms with Crippen molar-refractivity contribution in [1.29, 1.82) is 0 Å². The zero-order chi connectivity index (χ0) is 16.8. The summed E-state index contributed by atoms with van der Waals surface area (Å²) in [5, 5.41) is 2.41. The number of benzene rings is 2. The molecule has 1 aliphatic rings. The van der Waals surface area contributed by atoms with Gasteiger partial charge in [0.1, 0.15) is 13.2 Å². The van der Waals surface area contributed by atoms with Gasteiger partial charge < -0.3 is 18.9 Å². The minimum Gasteiger partial charge on any atom is -0.487 e. The Morgan fingerprint density at radius 3 is 2.17 bits per heavy atom. The van der Waals surface area contributed by atoms with Crippen molar-refractivity contribution in [1.82, 2.24) is 0 Å². The third-order valence-electron chi connectivity index (χ3n) is 4.46. The maximum atomic E-state index is 5.95. The van der Waals surface area contributed by atoms with E-state index in [1.54, 1.807) is 0 Å². The first kappa shape index (κ1) is 17.1. The lowest BCUT2D eigenvalue weighted by Gasteiger charge is -2.18. The third-order valence-corrected chi connectivity index (χ3v) is 4.46. The highest BCUT2D eigenvalue weighted by atomic mass is 16.6. The maximum Gasteiger partial charge on any atom is 0.161 e. The lowest BCUT2D eigenvalue weighted by atomic mass is 9.93. The fraction of sp³-hybridized carbons (Fsp3) is 0.500. The van der Waals surface area contributed by atoms with Gasteiger partial charge in [-0.15, -0.1) is 0 Å². The molecule has 0 radical (unpaired) electrons. The Morgan fingerprint density at radius 2 is 1.50 bits per heavy atom. The smallest absolute Gasteiger partial charge is 0.161 e. The molecular formula is C20H26O4. The standard InChI is InChI=1S/C20H26O4/c1-3-15(2)17-6-4-5-16-13-19-20(14-18(16)17)24-12-10-22-8-7-21-9-11-23-19/h4-6,13-15H,3,7-12H2,1-2H3. The highest BCUT2D eigenvalue weighted by Gasteiger charge is 2.13. The molecule has 2 aromatic carbocycles. The topological polar surface area (TPSA) is 36.9 Å². The van der Waals surface area contributed by atoms with E-state index in [-0.39, 0.29) is 0 Å². The van der Waals surface area contributed by atoms with Crippen LogP contribution in [0.25, 0.3) is 10.8 Å². The minimum absolute atomic E-state index is 0.507. The molecule has 1 unspecified atom stereocenters. The summed E-state index contributed by atoms with van der Waals surface area (Å²) in [6, 6.07) is 10.6. The Bertz CT molecular complexity index is 668. The molecule has 0 bridgehead atoms. The van der Waals surface area contributed by atoms with Crippen LogP contribution >= 0.6 is 0 Å². The largest absolute Gasteiger partial charge is 0.487 e. The summed E-state index contributed by atoms with van der Waals surface area (Å²) in [6.07, 6.45) is 1.11. The molecule has 4 nitrogen and oxygen atoms in total. The van der Waals surface area contributed by atoms with E-state index in [2.05, 4.69) is 44.2 Å². The fourth-order valence-corrected chi connectivity index (χ4v) is 2.93. The van der Waals surface area contributed by atoms with Gasteiger partial charge in [0, 0.05) is 0 Å². The number of rotatable bonds is 2. The van der Waals surface area contributed by atoms with Crippen molar-refractivity contribution in [3.63, 3.8) is 0 Å². The molecule has 3 rings (SSSR count). The van der Waals surface area contributed by atoms with E-state index in [1.165, 1.54) is 16.3 Å². The van der Waals surface area contributed by atoms with Crippen LogP contribution in [0.15, 0.2) is 30.3 Å². The van der Waals surface area contributed by atoms with E-state index >= 15 is 0 Å². The van der Waals surface area contributed by atoms with Gasteiger partial charge >= 0.3 is 0 Å². The molecule has 0 aliphatic carbocycles. The molecule has 4 heteroatoms. The van der Waals surface area contributed by atoms with Gasteiger partial charge in [0.25, 0.3) is 0 Å². The van der Waals surface area contributed by atoms with E-state index in [4.69, 9.17) is 18.9 Å². The SMILES string of the molecule is CCC(C)c1cccc2cc3c(cc12)OCCOCCOCCO3. The Balaban J connectivity index is 1.97. The second kappa shape index (κ2) is 8.36. The van der Waals surface area contributed by atoms with Crippen LogP contribution in [0.2, 0.25) is 0 Å². The molecule has 24 heavy (non-hydrogen) atoms. The highest BCUT2D eigenvalue weighted by Crippen LogP contribution is 2.36. The van der Waals surface area contributed by atoms with Gasteiger partial charge in [-0.2, -0.15) is 0 Å². The maximum absolute atomic E-state index is 5.95. The van der Waals surface area contributed by atoms with Crippen LogP contribution in [0.3, 0.4) is 0 Å². The van der Waals surface area contributed by atoms with E-state index < -0.39 is 0 Å². The average molecular weight is 330 g/mol. The molecule has 0 amide bonds. The molecule has 1 atom stereocenters. The van der Waals surface area contributed by atoms with Crippen molar-refractivity contribution >= 4 is 10.8 Å². The molecule has 2 aromatic rings. The molecule has 0 aromatic heterocycles. The molecular weight excluding hydrogens is 304 g/mol. The summed E-state index contributed by atoms with van der Waals surface area (Å²) < 4.78 is 22.8. The number of hydrogen-bond donors (Lipinski definition) is 0. The number of ether oxygens (including phenoxy) is 4. The Morgan fingerprint density at radius 1 is 0.875 bits per heavy atom. The van der Waals surface area contributed by atoms with E-state index in [9.17, 15) is 0 Å². The van der Waals surface area contributed by atoms with Gasteiger partial charge in [-0.3, -0.25) is 0 Å². The van der Waals surface area contributed by atoms with Crippen molar-refractivity contribution < 1.29 is 18.9 Å². The van der Waals surface area contributed by atoms with Crippen LogP contribution in [0, 0.1) is 0 Å². The van der Waals surface area contributed by atoms with Crippen molar-refractivity contribution in [2.45, 2.75) is 26.2 Å². The van der Waals surface area contributed by atoms with Crippen molar-refractivity contribution in [2.75, 3.05) is 39.6 Å². The van der Waals surface area contributed by atoms with E-state index in [1.807, 2.05) is 0 Å². The summed E-state index contributed by atoms with van der Waals surface area (Å²) in [5.41, 5.74) is 1.35. The highest BCUT2D eigenvalue weighted by molar-refractivity contribution is 5.89. The number of hydrogen-bond acceptors (Lipinski definition) is 4. The van der Waals surface area contributed by atoms with Crippen LogP contribution < -0.4 is 9.47 Å². The predicted octanol–water partition coefficient (Wildman–Crippen LogP) is 4.16. The second-order valence-corrected chi connectivity index (χ2v) is 6.10. The Hall–Kier alpha value is -1.78. The van der Waals surface area contributed by atoms with E-state index in [0.29, 0.717) is 45.6 Å². The summed E-state index contributed by atoms with van der Waals surface area (Å²) >= 11 is 0. The van der Waals surface area contributed by atoms with Crippen LogP contribution in [-0.2, 0) is 9.47 Å². The monoisotopic (exact) mass is 330 g/mol. The van der Waals surface area contributed by atoms with Gasteiger partial charge in [0.15, 0.2) is 11.5 Å². The first-order valence-electron chi connectivity index (χ1n) is 8.77. The summed E-state index contributed by atoms with van der Waals surface area (Å²) in [6.45, 7) is 7.77. The normalized spacial score (nSPS) is 17.8. The van der Waals surface area contributed by atoms with Crippen LogP contribution in [0.4, 0.5) is 0 Å². The fourth-order valence-electron chi connectivity index (χ4n) is 2.93. The molecule has 130 valence electrons. The van der Waals surface area contributed by atoms with Gasteiger partial charge in [0.2, 0.25) is 0 Å². The molecule has 0 spiro atoms. The quantitative estimate of drug-likeness (QED) is 0.828. The van der Waals surface area contributed by atoms with Crippen LogP contribution in [-0.4, -0.2) is 39.6 Å². The molecule has 0 N–H and O–H groups in total. The molecule has 0 saturated heterocycles. The predicted molar refractivity (Wildman–Crippen MR) is 95.3 cm³/mol. The molecule has 0 fully saturated rings. The van der Waals surface area contributed by atoms with Crippen molar-refractivity contribution in [2.24, 2.45) is 0 Å². The molecule has 0 saturated carbocycles. The van der Waals surface area contributed by atoms with Gasteiger partial charge in [-0.25, -0.2) is 0 Å². The summed E-state index contributed by atoms with van der Waals surface area (Å²) in [4.78, 5) is 0. The Labute approximate surface area is 143 Å². The zero-order valence-electron chi connectivity index (χ0n) is 14.5. The van der Waals surface area contributed by atoms with Gasteiger partial charge in [0.05, 0.1) is 26.4 Å². The summed E-state index contributed by atoms with van der Waals surface area (Å²) in [7, 11) is 0. The van der Waals surface area contributed by atoms with Crippen molar-refractivity contribution in [3.05, 3.63) is 35.9 Å². The molecule has 1 aliphatic heterocycles. The first-order chi connectivity index (χ1) is 11.8. The molecule has 1 heterocycles. The summed E-state index contributed by atoms with van der Waals surface area (Å²) in [5.74, 6) is 2.06. The van der Waals surface area contributed by atoms with Crippen LogP contribution in [0.1, 0.15) is 31.7 Å². The van der Waals surface area contributed by atoms with Crippen LogP contribution in [0.5, 0.6) is 11.5 Å². The zero-order valence-corrected chi connectivity index (χ0v) is 14.5. The minimum atomic E-state index is 0.507. The second-order valence-electron chi connectivity index (χ2n) is 6.10. The van der Waals surface area contributed by atoms with Gasteiger partial charge in [-0.05, 0) is 40.8 Å². The Kier molecular flexibility index (Phi) is 5.94.